The van der Waals surface area contributed by atoms with Crippen LogP contribution in [0.5, 0.6) is 0 Å². The van der Waals surface area contributed by atoms with Crippen LogP contribution in [0.25, 0.3) is 11.1 Å². The van der Waals surface area contributed by atoms with Gasteiger partial charge in [0.15, 0.2) is 0 Å². The fraction of sp³-hybridized carbons (Fsp3) is 0.533. The summed E-state index contributed by atoms with van der Waals surface area (Å²) >= 11 is 0. The summed E-state index contributed by atoms with van der Waals surface area (Å²) in [4.78, 5) is 31.8. The molecule has 4 aliphatic rings. The first-order valence-electron chi connectivity index (χ1n) is 14.1. The molecular formula is C30H38N4O3. The Balaban J connectivity index is 1.11. The van der Waals surface area contributed by atoms with Crippen molar-refractivity contribution < 1.29 is 14.3 Å². The lowest BCUT2D eigenvalue weighted by Crippen LogP contribution is -2.54. The Kier molecular flexibility index (Phi) is 7.05. The van der Waals surface area contributed by atoms with Crippen LogP contribution in [-0.4, -0.2) is 73.2 Å². The molecule has 0 radical (unpaired) electrons. The smallest absolute Gasteiger partial charge is 0.253 e. The maximum absolute atomic E-state index is 13.1. The van der Waals surface area contributed by atoms with Crippen LogP contribution in [0.4, 0.5) is 11.4 Å². The molecule has 1 N–H and O–H groups in total. The van der Waals surface area contributed by atoms with E-state index < -0.39 is 0 Å². The average Bonchev–Trinajstić information content (AvgIpc) is 3.30. The van der Waals surface area contributed by atoms with E-state index in [1.54, 1.807) is 0 Å². The van der Waals surface area contributed by atoms with Gasteiger partial charge in [-0.1, -0.05) is 50.3 Å². The van der Waals surface area contributed by atoms with Gasteiger partial charge in [-0.2, -0.15) is 0 Å². The van der Waals surface area contributed by atoms with Gasteiger partial charge in [0.2, 0.25) is 0 Å². The highest BCUT2D eigenvalue weighted by atomic mass is 16.5. The molecule has 0 aromatic heterocycles. The largest absolute Gasteiger partial charge is 0.368 e. The lowest BCUT2D eigenvalue weighted by atomic mass is 9.95. The Labute approximate surface area is 219 Å². The molecule has 1 saturated carbocycles. The number of hydrogen-bond acceptors (Lipinski definition) is 5. The lowest BCUT2D eigenvalue weighted by Gasteiger charge is -2.38. The Morgan fingerprint density at radius 1 is 0.784 bits per heavy atom. The molecule has 7 heteroatoms. The Bertz CT molecular complexity index is 1110. The van der Waals surface area contributed by atoms with Crippen molar-refractivity contribution in [3.8, 4) is 11.1 Å². The number of ether oxygens (including phenoxy) is 1. The number of carbonyl (C=O) groups is 2. The van der Waals surface area contributed by atoms with Gasteiger partial charge in [-0.3, -0.25) is 9.59 Å². The molecule has 3 fully saturated rings. The summed E-state index contributed by atoms with van der Waals surface area (Å²) in [5, 5.41) is 3.59. The molecule has 2 aromatic carbocycles. The number of anilines is 2. The molecule has 37 heavy (non-hydrogen) atoms. The zero-order valence-corrected chi connectivity index (χ0v) is 21.7. The molecule has 0 bridgehead atoms. The zero-order chi connectivity index (χ0) is 25.2. The number of fused-ring (bicyclic) bond motifs is 1. The van der Waals surface area contributed by atoms with E-state index in [2.05, 4.69) is 40.5 Å². The topological polar surface area (TPSA) is 65.1 Å². The molecule has 0 spiro atoms. The Morgan fingerprint density at radius 3 is 2.11 bits per heavy atom. The van der Waals surface area contributed by atoms with Gasteiger partial charge in [0.1, 0.15) is 6.10 Å². The highest BCUT2D eigenvalue weighted by Gasteiger charge is 2.33. The van der Waals surface area contributed by atoms with Gasteiger partial charge in [0, 0.05) is 44.2 Å². The van der Waals surface area contributed by atoms with Crippen LogP contribution in [0.15, 0.2) is 42.5 Å². The number of benzene rings is 2. The normalized spacial score (nSPS) is 22.5. The predicted octanol–water partition coefficient (Wildman–Crippen LogP) is 4.73. The lowest BCUT2D eigenvalue weighted by molar-refractivity contribution is -0.157. The molecule has 2 saturated heterocycles. The average molecular weight is 503 g/mol. The number of amides is 2. The summed E-state index contributed by atoms with van der Waals surface area (Å²) in [6, 6.07) is 15.3. The van der Waals surface area contributed by atoms with E-state index in [9.17, 15) is 9.59 Å². The van der Waals surface area contributed by atoms with Crippen LogP contribution in [-0.2, 0) is 9.53 Å². The third-order valence-corrected chi connectivity index (χ3v) is 8.58. The van der Waals surface area contributed by atoms with E-state index >= 15 is 0 Å². The van der Waals surface area contributed by atoms with Crippen molar-refractivity contribution in [2.24, 2.45) is 0 Å². The number of carbonyl (C=O) groups excluding carboxylic acids is 2. The van der Waals surface area contributed by atoms with E-state index in [0.29, 0.717) is 44.4 Å². The van der Waals surface area contributed by atoms with Crippen molar-refractivity contribution in [1.29, 1.82) is 0 Å². The molecule has 1 aliphatic carbocycles. The van der Waals surface area contributed by atoms with Crippen LogP contribution < -0.4 is 10.2 Å². The summed E-state index contributed by atoms with van der Waals surface area (Å²) in [5.74, 6) is 0.104. The predicted molar refractivity (Wildman–Crippen MR) is 146 cm³/mol. The SMILES string of the molecule is O=C(c1ccc(-c2ccc3c(c2)N(C2CCCCCCC2)CN3)cc1)N1CCN(C(=O)C2CCO2)CC1. The third-order valence-electron chi connectivity index (χ3n) is 8.58. The quantitative estimate of drug-likeness (QED) is 0.655. The molecule has 3 aliphatic heterocycles. The minimum absolute atomic E-state index is 0.0344. The standard InChI is InChI=1S/C30H38N4O3/c35-29(32-15-17-33(18-16-32)30(36)28-14-19-37-28)23-10-8-22(9-11-23)24-12-13-26-27(20-24)34(21-31-26)25-6-4-2-1-3-5-7-25/h8-13,20,25,28,31H,1-7,14-19,21H2. The van der Waals surface area contributed by atoms with Crippen LogP contribution in [0, 0.1) is 0 Å². The zero-order valence-electron chi connectivity index (χ0n) is 21.7. The van der Waals surface area contributed by atoms with Gasteiger partial charge >= 0.3 is 0 Å². The van der Waals surface area contributed by atoms with E-state index in [4.69, 9.17) is 4.74 Å². The number of piperazine rings is 1. The van der Waals surface area contributed by atoms with Crippen molar-refractivity contribution in [2.45, 2.75) is 63.5 Å². The summed E-state index contributed by atoms with van der Waals surface area (Å²) in [6.45, 7) is 3.84. The van der Waals surface area contributed by atoms with Gasteiger partial charge in [0.25, 0.3) is 11.8 Å². The molecule has 1 unspecified atom stereocenters. The third kappa shape index (κ3) is 5.06. The monoisotopic (exact) mass is 502 g/mol. The summed E-state index contributed by atoms with van der Waals surface area (Å²) < 4.78 is 5.33. The first kappa shape index (κ1) is 24.3. The van der Waals surface area contributed by atoms with E-state index in [1.165, 1.54) is 61.9 Å². The van der Waals surface area contributed by atoms with Crippen LogP contribution in [0.2, 0.25) is 0 Å². The van der Waals surface area contributed by atoms with Gasteiger partial charge in [0.05, 0.1) is 24.7 Å². The van der Waals surface area contributed by atoms with Gasteiger partial charge in [-0.15, -0.1) is 0 Å². The molecule has 6 rings (SSSR count). The van der Waals surface area contributed by atoms with Crippen molar-refractivity contribution in [3.63, 3.8) is 0 Å². The van der Waals surface area contributed by atoms with E-state index in [1.807, 2.05) is 21.9 Å². The molecule has 3 heterocycles. The van der Waals surface area contributed by atoms with Crippen LogP contribution in [0.3, 0.4) is 0 Å². The van der Waals surface area contributed by atoms with Crippen LogP contribution in [0.1, 0.15) is 61.7 Å². The maximum atomic E-state index is 13.1. The maximum Gasteiger partial charge on any atom is 0.253 e. The van der Waals surface area contributed by atoms with Gasteiger partial charge in [-0.25, -0.2) is 0 Å². The summed E-state index contributed by atoms with van der Waals surface area (Å²) in [7, 11) is 0. The minimum Gasteiger partial charge on any atom is -0.368 e. The van der Waals surface area contributed by atoms with Gasteiger partial charge in [-0.05, 0) is 48.2 Å². The molecular weight excluding hydrogens is 464 g/mol. The second-order valence-electron chi connectivity index (χ2n) is 10.9. The molecule has 196 valence electrons. The fourth-order valence-electron chi connectivity index (χ4n) is 6.18. The number of rotatable bonds is 4. The van der Waals surface area contributed by atoms with Crippen molar-refractivity contribution >= 4 is 23.2 Å². The van der Waals surface area contributed by atoms with Crippen molar-refractivity contribution in [1.82, 2.24) is 9.80 Å². The van der Waals surface area contributed by atoms with E-state index in [0.717, 1.165) is 18.7 Å². The highest BCUT2D eigenvalue weighted by molar-refractivity contribution is 5.95. The van der Waals surface area contributed by atoms with Crippen LogP contribution >= 0.6 is 0 Å². The minimum atomic E-state index is -0.270. The number of nitrogens with one attached hydrogen (secondary N) is 1. The molecule has 2 amide bonds. The number of hydrogen-bond donors (Lipinski definition) is 1. The molecule has 1 atom stereocenters. The van der Waals surface area contributed by atoms with E-state index in [-0.39, 0.29) is 17.9 Å². The number of nitrogens with zero attached hydrogens (tertiary/aromatic N) is 3. The molecule has 2 aromatic rings. The first-order valence-corrected chi connectivity index (χ1v) is 14.1. The second-order valence-corrected chi connectivity index (χ2v) is 10.9. The first-order chi connectivity index (χ1) is 18.2. The molecule has 7 nitrogen and oxygen atoms in total. The highest BCUT2D eigenvalue weighted by Crippen LogP contribution is 2.38. The fourth-order valence-corrected chi connectivity index (χ4v) is 6.18. The van der Waals surface area contributed by atoms with Crippen molar-refractivity contribution in [2.75, 3.05) is 49.7 Å². The summed E-state index contributed by atoms with van der Waals surface area (Å²) in [6.07, 6.45) is 9.85. The second kappa shape index (κ2) is 10.7. The summed E-state index contributed by atoms with van der Waals surface area (Å²) in [5.41, 5.74) is 5.54. The van der Waals surface area contributed by atoms with Crippen molar-refractivity contribution in [3.05, 3.63) is 48.0 Å². The Morgan fingerprint density at radius 2 is 1.43 bits per heavy atom. The Hall–Kier alpha value is -3.06. The van der Waals surface area contributed by atoms with Gasteiger partial charge < -0.3 is 24.8 Å².